The van der Waals surface area contributed by atoms with Crippen LogP contribution in [-0.4, -0.2) is 23.4 Å². The Kier molecular flexibility index (Phi) is 2.76. The molecule has 0 saturated heterocycles. The number of carbonyl (C=O) groups is 1. The van der Waals surface area contributed by atoms with Crippen LogP contribution in [0.25, 0.3) is 6.08 Å². The van der Waals surface area contributed by atoms with Crippen molar-refractivity contribution in [2.24, 2.45) is 0 Å². The van der Waals surface area contributed by atoms with E-state index in [-0.39, 0.29) is 11.3 Å². The van der Waals surface area contributed by atoms with Crippen LogP contribution in [0, 0.1) is 5.82 Å². The second-order valence-electron chi connectivity index (χ2n) is 3.63. The van der Waals surface area contributed by atoms with Gasteiger partial charge in [0.1, 0.15) is 11.6 Å². The van der Waals surface area contributed by atoms with Crippen LogP contribution in [0.2, 0.25) is 0 Å². The molecule has 0 fully saturated rings. The van der Waals surface area contributed by atoms with Gasteiger partial charge in [0.2, 0.25) is 6.10 Å². The monoisotopic (exact) mass is 262 g/mol. The van der Waals surface area contributed by atoms with Crippen LogP contribution in [0.15, 0.2) is 23.8 Å². The summed E-state index contributed by atoms with van der Waals surface area (Å²) < 4.78 is 55.3. The van der Waals surface area contributed by atoms with Crippen LogP contribution >= 0.6 is 0 Å². The van der Waals surface area contributed by atoms with Gasteiger partial charge in [-0.05, 0) is 18.2 Å². The van der Waals surface area contributed by atoms with E-state index in [1.165, 1.54) is 0 Å². The molecule has 1 aromatic rings. The number of benzene rings is 1. The maximum atomic E-state index is 12.9. The molecule has 1 atom stereocenters. The number of fused-ring (bicyclic) bond motifs is 1. The summed E-state index contributed by atoms with van der Waals surface area (Å²) in [4.78, 5) is 10.8. The van der Waals surface area contributed by atoms with E-state index in [0.29, 0.717) is 0 Å². The van der Waals surface area contributed by atoms with E-state index in [0.717, 1.165) is 24.3 Å². The number of alkyl halides is 3. The summed E-state index contributed by atoms with van der Waals surface area (Å²) in [7, 11) is 0. The van der Waals surface area contributed by atoms with Crippen LogP contribution in [0.3, 0.4) is 0 Å². The minimum absolute atomic E-state index is 0.0919. The maximum Gasteiger partial charge on any atom is 0.430 e. The van der Waals surface area contributed by atoms with Crippen LogP contribution in [0.1, 0.15) is 5.56 Å². The number of rotatable bonds is 1. The SMILES string of the molecule is O=C(O)C1=Cc2ccc(F)cc2OC1C(F)(F)F. The van der Waals surface area contributed by atoms with Crippen molar-refractivity contribution in [3.05, 3.63) is 35.2 Å². The lowest BCUT2D eigenvalue weighted by molar-refractivity contribution is -0.187. The van der Waals surface area contributed by atoms with Gasteiger partial charge in [0.05, 0.1) is 5.57 Å². The predicted molar refractivity (Wildman–Crippen MR) is 52.5 cm³/mol. The first-order valence-corrected chi connectivity index (χ1v) is 4.77. The average Bonchev–Trinajstić information content (AvgIpc) is 2.25. The number of halogens is 4. The minimum atomic E-state index is -4.88. The van der Waals surface area contributed by atoms with Gasteiger partial charge in [0, 0.05) is 11.6 Å². The Morgan fingerprint density at radius 3 is 2.56 bits per heavy atom. The van der Waals surface area contributed by atoms with Crippen molar-refractivity contribution in [2.75, 3.05) is 0 Å². The Balaban J connectivity index is 2.53. The molecule has 0 amide bonds. The normalized spacial score (nSPS) is 18.7. The second kappa shape index (κ2) is 4.01. The van der Waals surface area contributed by atoms with E-state index >= 15 is 0 Å². The molecule has 0 bridgehead atoms. The van der Waals surface area contributed by atoms with Gasteiger partial charge >= 0.3 is 12.1 Å². The van der Waals surface area contributed by atoms with Crippen molar-refractivity contribution in [3.63, 3.8) is 0 Å². The Labute approximate surface area is 98.3 Å². The van der Waals surface area contributed by atoms with E-state index in [2.05, 4.69) is 4.74 Å². The van der Waals surface area contributed by atoms with Crippen LogP contribution in [-0.2, 0) is 4.79 Å². The van der Waals surface area contributed by atoms with Crippen molar-refractivity contribution in [3.8, 4) is 5.75 Å². The molecular weight excluding hydrogens is 256 g/mol. The zero-order chi connectivity index (χ0) is 13.5. The third kappa shape index (κ3) is 2.15. The molecule has 0 spiro atoms. The number of carboxylic acids is 1. The number of aliphatic carboxylic acids is 1. The number of carboxylic acid groups (broad SMARTS) is 1. The molecule has 0 radical (unpaired) electrons. The molecule has 1 aromatic carbocycles. The van der Waals surface area contributed by atoms with Gasteiger partial charge in [-0.2, -0.15) is 13.2 Å². The molecule has 0 aromatic heterocycles. The van der Waals surface area contributed by atoms with Crippen molar-refractivity contribution < 1.29 is 32.2 Å². The van der Waals surface area contributed by atoms with Crippen molar-refractivity contribution in [1.82, 2.24) is 0 Å². The third-order valence-corrected chi connectivity index (χ3v) is 2.36. The topological polar surface area (TPSA) is 46.5 Å². The quantitative estimate of drug-likeness (QED) is 0.791. The fourth-order valence-electron chi connectivity index (χ4n) is 1.58. The molecule has 7 heteroatoms. The van der Waals surface area contributed by atoms with E-state index in [1.54, 1.807) is 0 Å². The highest BCUT2D eigenvalue weighted by Gasteiger charge is 2.48. The largest absolute Gasteiger partial charge is 0.478 e. The van der Waals surface area contributed by atoms with Crippen molar-refractivity contribution in [2.45, 2.75) is 12.3 Å². The fourth-order valence-corrected chi connectivity index (χ4v) is 1.58. The van der Waals surface area contributed by atoms with Gasteiger partial charge in [-0.15, -0.1) is 0 Å². The van der Waals surface area contributed by atoms with E-state index in [4.69, 9.17) is 5.11 Å². The summed E-state index contributed by atoms with van der Waals surface area (Å²) in [5, 5.41) is 8.73. The molecule has 2 rings (SSSR count). The van der Waals surface area contributed by atoms with Crippen LogP contribution in [0.5, 0.6) is 5.75 Å². The summed E-state index contributed by atoms with van der Waals surface area (Å²) in [6.45, 7) is 0. The Morgan fingerprint density at radius 1 is 1.33 bits per heavy atom. The van der Waals surface area contributed by atoms with E-state index in [1.807, 2.05) is 0 Å². The lowest BCUT2D eigenvalue weighted by atomic mass is 10.0. The molecular formula is C11H6F4O3. The highest BCUT2D eigenvalue weighted by Crippen LogP contribution is 2.37. The molecule has 0 saturated carbocycles. The number of hydrogen-bond acceptors (Lipinski definition) is 2. The molecule has 1 unspecified atom stereocenters. The van der Waals surface area contributed by atoms with Gasteiger partial charge in [0.15, 0.2) is 0 Å². The molecule has 1 aliphatic rings. The van der Waals surface area contributed by atoms with Gasteiger partial charge in [-0.3, -0.25) is 0 Å². The average molecular weight is 262 g/mol. The van der Waals surface area contributed by atoms with Crippen molar-refractivity contribution >= 4 is 12.0 Å². The standard InChI is InChI=1S/C11H6F4O3/c12-6-2-1-5-3-7(10(16)17)9(11(13,14)15)18-8(5)4-6/h1-4,9H,(H,16,17). The first-order chi connectivity index (χ1) is 8.29. The first kappa shape index (κ1) is 12.4. The van der Waals surface area contributed by atoms with Gasteiger partial charge in [-0.25, -0.2) is 9.18 Å². The molecule has 1 aliphatic heterocycles. The molecule has 1 heterocycles. The van der Waals surface area contributed by atoms with Gasteiger partial charge in [0.25, 0.3) is 0 Å². The smallest absolute Gasteiger partial charge is 0.430 e. The molecule has 3 nitrogen and oxygen atoms in total. The van der Waals surface area contributed by atoms with E-state index < -0.39 is 29.6 Å². The Bertz CT molecular complexity index is 534. The predicted octanol–water partition coefficient (Wildman–Crippen LogP) is 2.62. The lowest BCUT2D eigenvalue weighted by Crippen LogP contribution is -2.40. The zero-order valence-corrected chi connectivity index (χ0v) is 8.66. The number of ether oxygens (including phenoxy) is 1. The highest BCUT2D eigenvalue weighted by molar-refractivity contribution is 5.94. The summed E-state index contributed by atoms with van der Waals surface area (Å²) in [5.74, 6) is -2.82. The van der Waals surface area contributed by atoms with Gasteiger partial charge < -0.3 is 9.84 Å². The summed E-state index contributed by atoms with van der Waals surface area (Å²) in [6.07, 6.45) is -6.64. The van der Waals surface area contributed by atoms with Crippen LogP contribution in [0.4, 0.5) is 17.6 Å². The minimum Gasteiger partial charge on any atom is -0.478 e. The second-order valence-corrected chi connectivity index (χ2v) is 3.63. The molecule has 1 N–H and O–H groups in total. The summed E-state index contributed by atoms with van der Waals surface area (Å²) in [6, 6.07) is 2.94. The number of hydrogen-bond donors (Lipinski definition) is 1. The Morgan fingerprint density at radius 2 is 2.00 bits per heavy atom. The summed E-state index contributed by atoms with van der Waals surface area (Å²) in [5.41, 5.74) is -0.837. The van der Waals surface area contributed by atoms with E-state index in [9.17, 15) is 22.4 Å². The zero-order valence-electron chi connectivity index (χ0n) is 8.66. The van der Waals surface area contributed by atoms with Gasteiger partial charge in [-0.1, -0.05) is 0 Å². The molecule has 96 valence electrons. The Hall–Kier alpha value is -2.05. The fraction of sp³-hybridized carbons (Fsp3) is 0.182. The lowest BCUT2D eigenvalue weighted by Gasteiger charge is -2.26. The first-order valence-electron chi connectivity index (χ1n) is 4.77. The molecule has 18 heavy (non-hydrogen) atoms. The maximum absolute atomic E-state index is 12.9. The summed E-state index contributed by atoms with van der Waals surface area (Å²) >= 11 is 0. The third-order valence-electron chi connectivity index (χ3n) is 2.36. The van der Waals surface area contributed by atoms with Crippen LogP contribution < -0.4 is 4.74 Å². The molecule has 0 aliphatic carbocycles. The van der Waals surface area contributed by atoms with Crippen molar-refractivity contribution in [1.29, 1.82) is 0 Å². The highest BCUT2D eigenvalue weighted by atomic mass is 19.4.